The Balaban J connectivity index is 3.67. The second kappa shape index (κ2) is 26.0. The van der Waals surface area contributed by atoms with Crippen LogP contribution in [0.5, 0.6) is 0 Å². The van der Waals surface area contributed by atoms with Crippen molar-refractivity contribution in [1.29, 1.82) is 0 Å². The van der Waals surface area contributed by atoms with Crippen molar-refractivity contribution in [2.24, 2.45) is 21.5 Å². The molecule has 39 heavy (non-hydrogen) atoms. The van der Waals surface area contributed by atoms with Crippen molar-refractivity contribution in [3.63, 3.8) is 0 Å². The zero-order chi connectivity index (χ0) is 29.0. The third-order valence-electron chi connectivity index (χ3n) is 4.85. The first-order chi connectivity index (χ1) is 18.9. The number of nitrogens with one attached hydrogen (secondary N) is 1. The minimum atomic E-state index is -0.882. The van der Waals surface area contributed by atoms with Gasteiger partial charge in [-0.1, -0.05) is 67.7 Å². The minimum Gasteiger partial charge on any atom is -0.445 e. The molecule has 5 N–H and O–H groups in total. The van der Waals surface area contributed by atoms with E-state index in [1.165, 1.54) is 4.90 Å². The molecule has 10 nitrogen and oxygen atoms in total. The molecule has 218 valence electrons. The zero-order valence-electron chi connectivity index (χ0n) is 23.9. The van der Waals surface area contributed by atoms with Gasteiger partial charge >= 0.3 is 6.09 Å². The van der Waals surface area contributed by atoms with Gasteiger partial charge in [0.25, 0.3) is 0 Å². The van der Waals surface area contributed by atoms with E-state index in [2.05, 4.69) is 83.0 Å². The van der Waals surface area contributed by atoms with Crippen LogP contribution < -0.4 is 16.8 Å². The normalized spacial score (nSPS) is 13.0. The highest BCUT2D eigenvalue weighted by molar-refractivity contribution is 5.97. The highest BCUT2D eigenvalue weighted by atomic mass is 16.6. The number of carbonyl (C=O) groups is 2. The van der Waals surface area contributed by atoms with Gasteiger partial charge in [0.1, 0.15) is 6.61 Å². The Morgan fingerprint density at radius 1 is 0.795 bits per heavy atom. The van der Waals surface area contributed by atoms with E-state index in [1.54, 1.807) is 14.1 Å². The van der Waals surface area contributed by atoms with Gasteiger partial charge < -0.3 is 31.2 Å². The smallest absolute Gasteiger partial charge is 0.436 e. The molecule has 0 atom stereocenters. The molecule has 0 saturated heterocycles. The van der Waals surface area contributed by atoms with Gasteiger partial charge in [-0.2, -0.15) is 4.99 Å². The number of amides is 2. The van der Waals surface area contributed by atoms with Crippen LogP contribution in [0.25, 0.3) is 0 Å². The van der Waals surface area contributed by atoms with Gasteiger partial charge in [0.05, 0.1) is 13.2 Å². The molecule has 0 aromatic heterocycles. The van der Waals surface area contributed by atoms with Gasteiger partial charge in [-0.25, -0.2) is 4.79 Å². The van der Waals surface area contributed by atoms with Gasteiger partial charge in [0.2, 0.25) is 11.9 Å². The quantitative estimate of drug-likeness (QED) is 0.0947. The number of guanidine groups is 2. The fraction of sp³-hybridized carbons (Fsp3) is 0.517. The first kappa shape index (κ1) is 35.3. The van der Waals surface area contributed by atoms with Crippen molar-refractivity contribution in [2.45, 2.75) is 58.3 Å². The molecule has 0 saturated carbocycles. The molecular formula is C29H48N6O4. The molecule has 0 aromatic rings. The number of ether oxygens (including phenoxy) is 2. The topological polar surface area (TPSA) is 145 Å². The molecule has 0 spiro atoms. The van der Waals surface area contributed by atoms with E-state index in [9.17, 15) is 9.59 Å². The largest absolute Gasteiger partial charge is 0.445 e. The molecule has 0 fully saturated rings. The average molecular weight is 545 g/mol. The van der Waals surface area contributed by atoms with Gasteiger partial charge in [-0.15, -0.1) is 4.99 Å². The van der Waals surface area contributed by atoms with E-state index in [0.717, 1.165) is 44.9 Å². The Labute approximate surface area is 234 Å². The predicted molar refractivity (Wildman–Crippen MR) is 160 cm³/mol. The van der Waals surface area contributed by atoms with Crippen molar-refractivity contribution in [1.82, 2.24) is 10.2 Å². The van der Waals surface area contributed by atoms with E-state index in [4.69, 9.17) is 20.9 Å². The lowest BCUT2D eigenvalue weighted by molar-refractivity contribution is -0.121. The molecule has 0 unspecified atom stereocenters. The summed E-state index contributed by atoms with van der Waals surface area (Å²) in [5.74, 6) is -0.195. The molecule has 0 aliphatic heterocycles. The highest BCUT2D eigenvalue weighted by Crippen LogP contribution is 1.99. The van der Waals surface area contributed by atoms with Crippen molar-refractivity contribution in [2.75, 3.05) is 40.5 Å². The lowest BCUT2D eigenvalue weighted by atomic mass is 10.2. The van der Waals surface area contributed by atoms with Crippen LogP contribution >= 0.6 is 0 Å². The number of nitrogens with two attached hydrogens (primary N) is 2. The van der Waals surface area contributed by atoms with Gasteiger partial charge in [0, 0.05) is 27.1 Å². The van der Waals surface area contributed by atoms with Gasteiger partial charge in [-0.05, 0) is 44.9 Å². The Morgan fingerprint density at radius 3 is 1.92 bits per heavy atom. The predicted octanol–water partition coefficient (Wildman–Crippen LogP) is 4.37. The number of carbonyl (C=O) groups excluding carboxylic acids is 2. The molecule has 0 aromatic carbocycles. The molecule has 0 bridgehead atoms. The standard InChI is InChI=1S/C29H48N6O4/c1-4-5-6-7-8-9-10-11-12-13-14-15-16-17-18-19-20-21-26(36)32-22-23-38-24-25-39-29(37)34-27(30)33-28(31)35(2)3/h5-6,8-9,11-12,14-15,17-18H,4,7,10,13,16,19-25H2,1-3H3,(H,32,36)(H4,30,31,33,34,37). The molecular weight excluding hydrogens is 496 g/mol. The lowest BCUT2D eigenvalue weighted by Crippen LogP contribution is -2.32. The van der Waals surface area contributed by atoms with Crippen LogP contribution in [0.15, 0.2) is 70.7 Å². The van der Waals surface area contributed by atoms with Crippen LogP contribution in [0.1, 0.15) is 58.3 Å². The fourth-order valence-corrected chi connectivity index (χ4v) is 2.76. The monoisotopic (exact) mass is 544 g/mol. The third kappa shape index (κ3) is 25.8. The van der Waals surface area contributed by atoms with Crippen molar-refractivity contribution in [3.05, 3.63) is 60.8 Å². The summed E-state index contributed by atoms with van der Waals surface area (Å²) in [7, 11) is 3.36. The number of nitrogens with zero attached hydrogens (tertiary/aromatic N) is 3. The molecule has 0 rings (SSSR count). The summed E-state index contributed by atoms with van der Waals surface area (Å²) in [6.07, 6.45) is 27.8. The third-order valence-corrected chi connectivity index (χ3v) is 4.85. The maximum Gasteiger partial charge on any atom is 0.436 e. The maximum absolute atomic E-state index is 11.9. The highest BCUT2D eigenvalue weighted by Gasteiger charge is 2.03. The molecule has 10 heteroatoms. The van der Waals surface area contributed by atoms with E-state index >= 15 is 0 Å². The first-order valence-corrected chi connectivity index (χ1v) is 13.5. The zero-order valence-corrected chi connectivity index (χ0v) is 23.9. The Kier molecular flexibility index (Phi) is 23.5. The van der Waals surface area contributed by atoms with Crippen molar-refractivity contribution < 1.29 is 19.1 Å². The number of aliphatic imine (C=N–C) groups is 2. The van der Waals surface area contributed by atoms with E-state index < -0.39 is 6.09 Å². The number of hydrogen-bond donors (Lipinski definition) is 3. The number of allylic oxidation sites excluding steroid dienone is 10. The summed E-state index contributed by atoms with van der Waals surface area (Å²) in [6.45, 7) is 3.01. The summed E-state index contributed by atoms with van der Waals surface area (Å²) in [5.41, 5.74) is 11.1. The number of unbranched alkanes of at least 4 members (excludes halogenated alkanes) is 1. The maximum atomic E-state index is 11.9. The Hall–Kier alpha value is -3.66. The van der Waals surface area contributed by atoms with Crippen LogP contribution in [0.3, 0.4) is 0 Å². The summed E-state index contributed by atoms with van der Waals surface area (Å²) in [4.78, 5) is 32.1. The summed E-state index contributed by atoms with van der Waals surface area (Å²) in [5, 5.41) is 2.80. The van der Waals surface area contributed by atoms with E-state index in [0.29, 0.717) is 19.6 Å². The van der Waals surface area contributed by atoms with Crippen LogP contribution in [0, 0.1) is 0 Å². The fourth-order valence-electron chi connectivity index (χ4n) is 2.76. The van der Waals surface area contributed by atoms with Gasteiger partial charge in [-0.3, -0.25) is 4.79 Å². The summed E-state index contributed by atoms with van der Waals surface area (Å²) in [6, 6.07) is 0. The van der Waals surface area contributed by atoms with Crippen LogP contribution in [-0.2, 0) is 14.3 Å². The van der Waals surface area contributed by atoms with Crippen LogP contribution in [-0.4, -0.2) is 69.3 Å². The SMILES string of the molecule is CCC=CCC=CCC=CCC=CCC=CCCCC(=O)NCCOCCOC(=O)N=C(N)N=C(N)N(C)C. The second-order valence-electron chi connectivity index (χ2n) is 8.51. The molecule has 0 radical (unpaired) electrons. The van der Waals surface area contributed by atoms with Crippen molar-refractivity contribution >= 4 is 23.9 Å². The van der Waals surface area contributed by atoms with Crippen molar-refractivity contribution in [3.8, 4) is 0 Å². The summed E-state index contributed by atoms with van der Waals surface area (Å²) < 4.78 is 10.2. The lowest BCUT2D eigenvalue weighted by Gasteiger charge is -2.09. The van der Waals surface area contributed by atoms with E-state index in [-0.39, 0.29) is 31.0 Å². The Bertz CT molecular complexity index is 873. The van der Waals surface area contributed by atoms with Gasteiger partial charge in [0.15, 0.2) is 5.96 Å². The average Bonchev–Trinajstić information content (AvgIpc) is 2.89. The number of rotatable bonds is 19. The second-order valence-corrected chi connectivity index (χ2v) is 8.51. The molecule has 0 heterocycles. The van der Waals surface area contributed by atoms with Crippen LogP contribution in [0.4, 0.5) is 4.79 Å². The molecule has 0 aliphatic carbocycles. The first-order valence-electron chi connectivity index (χ1n) is 13.5. The van der Waals surface area contributed by atoms with Crippen LogP contribution in [0.2, 0.25) is 0 Å². The Morgan fingerprint density at radius 2 is 1.36 bits per heavy atom. The molecule has 2 amide bonds. The van der Waals surface area contributed by atoms with E-state index in [1.807, 2.05) is 0 Å². The minimum absolute atomic E-state index is 0.00366. The summed E-state index contributed by atoms with van der Waals surface area (Å²) >= 11 is 0. The molecule has 0 aliphatic rings. The number of hydrogen-bond acceptors (Lipinski definition) is 4.